The van der Waals surface area contributed by atoms with Crippen molar-refractivity contribution in [2.24, 2.45) is 0 Å². The molecule has 0 aliphatic rings. The Morgan fingerprint density at radius 1 is 1.17 bits per heavy atom. The van der Waals surface area contributed by atoms with Gasteiger partial charge in [-0.3, -0.25) is 13.9 Å². The highest BCUT2D eigenvalue weighted by Crippen LogP contribution is 2.58. The van der Waals surface area contributed by atoms with Gasteiger partial charge in [0.05, 0.1) is 4.90 Å². The van der Waals surface area contributed by atoms with Crippen LogP contribution in [-0.2, 0) is 4.79 Å². The van der Waals surface area contributed by atoms with E-state index in [-0.39, 0.29) is 10.7 Å². The molecule has 23 heavy (non-hydrogen) atoms. The average molecular weight is 380 g/mol. The van der Waals surface area contributed by atoms with Gasteiger partial charge >= 0.3 is 0 Å². The number of amides is 1. The molecule has 0 saturated carbocycles. The molecule has 0 unspecified atom stereocenters. The molecule has 1 aromatic carbocycles. The van der Waals surface area contributed by atoms with Crippen LogP contribution in [-0.4, -0.2) is 36.8 Å². The minimum Gasteiger partial charge on any atom is -0.353 e. The normalized spacial score (nSPS) is 13.7. The lowest BCUT2D eigenvalue weighted by atomic mass is 10.2. The zero-order valence-electron chi connectivity index (χ0n) is 14.2. The smallest absolute Gasteiger partial charge is 0.245 e. The number of nitrogens with one attached hydrogen (secondary N) is 1. The number of carbonyl (C=O) groups is 1. The van der Waals surface area contributed by atoms with Crippen LogP contribution < -0.4 is 5.32 Å². The lowest BCUT2D eigenvalue weighted by molar-refractivity contribution is -0.122. The van der Waals surface area contributed by atoms with Crippen molar-refractivity contribution in [3.05, 3.63) is 29.3 Å². The summed E-state index contributed by atoms with van der Waals surface area (Å²) in [4.78, 5) is 12.7. The fourth-order valence-electron chi connectivity index (χ4n) is 1.78. The van der Waals surface area contributed by atoms with Gasteiger partial charge in [-0.1, -0.05) is 32.4 Å². The second-order valence-corrected chi connectivity index (χ2v) is 11.7. The third-order valence-corrected chi connectivity index (χ3v) is 7.39. The quantitative estimate of drug-likeness (QED) is 0.616. The van der Waals surface area contributed by atoms with Crippen LogP contribution in [0.3, 0.4) is 0 Å². The molecule has 1 rings (SSSR count). The van der Waals surface area contributed by atoms with Gasteiger partial charge in [0.1, 0.15) is 4.75 Å². The van der Waals surface area contributed by atoms with Crippen molar-refractivity contribution < 1.29 is 13.9 Å². The SMILES string of the molecule is CC(C)(C)SCCNC(=O)C(C)(C)S(O)(O)c1ccc(Cl)cc1. The van der Waals surface area contributed by atoms with E-state index in [2.05, 4.69) is 26.1 Å². The number of carbonyl (C=O) groups excluding carboxylic acids is 1. The van der Waals surface area contributed by atoms with Crippen molar-refractivity contribution in [1.29, 1.82) is 0 Å². The minimum absolute atomic E-state index is 0.131. The van der Waals surface area contributed by atoms with Gasteiger partial charge in [-0.2, -0.15) is 22.4 Å². The molecule has 0 saturated heterocycles. The Morgan fingerprint density at radius 2 is 1.70 bits per heavy atom. The number of benzene rings is 1. The van der Waals surface area contributed by atoms with E-state index in [0.29, 0.717) is 16.5 Å². The highest BCUT2D eigenvalue weighted by atomic mass is 35.5. The minimum atomic E-state index is -3.30. The second kappa shape index (κ2) is 7.66. The van der Waals surface area contributed by atoms with Gasteiger partial charge in [-0.15, -0.1) is 0 Å². The molecule has 0 bridgehead atoms. The standard InChI is InChI=1S/C16H26ClNO3S2/c1-15(2,3)22-11-10-18-14(19)16(4,5)23(20,21)13-8-6-12(17)7-9-13/h6-9,20-21H,10-11H2,1-5H3,(H,18,19). The molecule has 132 valence electrons. The zero-order chi connectivity index (χ0) is 17.9. The van der Waals surface area contributed by atoms with E-state index in [1.54, 1.807) is 49.9 Å². The van der Waals surface area contributed by atoms with Crippen molar-refractivity contribution in [2.45, 2.75) is 49.0 Å². The summed E-state index contributed by atoms with van der Waals surface area (Å²) < 4.78 is 20.0. The molecule has 0 spiro atoms. The number of hydrogen-bond acceptors (Lipinski definition) is 4. The fraction of sp³-hybridized carbons (Fsp3) is 0.562. The van der Waals surface area contributed by atoms with Gasteiger partial charge in [0.25, 0.3) is 0 Å². The van der Waals surface area contributed by atoms with Crippen molar-refractivity contribution >= 4 is 39.9 Å². The Kier molecular flexibility index (Phi) is 6.87. The molecule has 1 amide bonds. The molecule has 0 radical (unpaired) electrons. The van der Waals surface area contributed by atoms with Crippen molar-refractivity contribution in [1.82, 2.24) is 5.32 Å². The van der Waals surface area contributed by atoms with Crippen LogP contribution in [0.25, 0.3) is 0 Å². The number of halogens is 1. The first-order valence-corrected chi connectivity index (χ1v) is 10.2. The summed E-state index contributed by atoms with van der Waals surface area (Å²) in [5, 5.41) is 3.30. The van der Waals surface area contributed by atoms with Crippen LogP contribution in [0, 0.1) is 0 Å². The van der Waals surface area contributed by atoms with Crippen molar-refractivity contribution in [3.8, 4) is 0 Å². The van der Waals surface area contributed by atoms with E-state index < -0.39 is 15.3 Å². The summed E-state index contributed by atoms with van der Waals surface area (Å²) in [6.07, 6.45) is 0. The summed E-state index contributed by atoms with van der Waals surface area (Å²) in [5.41, 5.74) is 0. The summed E-state index contributed by atoms with van der Waals surface area (Å²) in [6, 6.07) is 6.25. The van der Waals surface area contributed by atoms with Gasteiger partial charge in [0.2, 0.25) is 5.91 Å². The molecular formula is C16H26ClNO3S2. The number of thioether (sulfide) groups is 1. The van der Waals surface area contributed by atoms with Gasteiger partial charge < -0.3 is 5.32 Å². The maximum atomic E-state index is 12.4. The second-order valence-electron chi connectivity index (χ2n) is 6.73. The van der Waals surface area contributed by atoms with Crippen LogP contribution in [0.5, 0.6) is 0 Å². The Balaban J connectivity index is 2.75. The van der Waals surface area contributed by atoms with Crippen molar-refractivity contribution in [3.63, 3.8) is 0 Å². The van der Waals surface area contributed by atoms with Crippen molar-refractivity contribution in [2.75, 3.05) is 12.3 Å². The van der Waals surface area contributed by atoms with E-state index in [1.807, 2.05) is 0 Å². The van der Waals surface area contributed by atoms with Crippen LogP contribution in [0.2, 0.25) is 5.02 Å². The fourth-order valence-corrected chi connectivity index (χ4v) is 4.16. The van der Waals surface area contributed by atoms with E-state index in [1.165, 1.54) is 0 Å². The van der Waals surface area contributed by atoms with E-state index in [9.17, 15) is 13.9 Å². The third-order valence-electron chi connectivity index (χ3n) is 3.32. The lowest BCUT2D eigenvalue weighted by Crippen LogP contribution is -2.46. The Morgan fingerprint density at radius 3 is 2.17 bits per heavy atom. The predicted molar refractivity (Wildman–Crippen MR) is 102 cm³/mol. The predicted octanol–water partition coefficient (Wildman–Crippen LogP) is 4.88. The van der Waals surface area contributed by atoms with Crippen LogP contribution in [0.4, 0.5) is 0 Å². The first-order valence-electron chi connectivity index (χ1n) is 7.33. The van der Waals surface area contributed by atoms with E-state index >= 15 is 0 Å². The Hall–Kier alpha value is -0.400. The first kappa shape index (κ1) is 20.6. The molecule has 3 N–H and O–H groups in total. The topological polar surface area (TPSA) is 69.6 Å². The van der Waals surface area contributed by atoms with Crippen LogP contribution in [0.1, 0.15) is 34.6 Å². The molecule has 0 aliphatic carbocycles. The molecule has 4 nitrogen and oxygen atoms in total. The first-order chi connectivity index (χ1) is 10.4. The summed E-state index contributed by atoms with van der Waals surface area (Å²) in [7, 11) is -3.30. The molecule has 1 aromatic rings. The highest BCUT2D eigenvalue weighted by molar-refractivity contribution is 8.26. The van der Waals surface area contributed by atoms with Gasteiger partial charge in [0, 0.05) is 22.1 Å². The Bertz CT molecular complexity index is 539. The third kappa shape index (κ3) is 5.57. The van der Waals surface area contributed by atoms with Crippen LogP contribution in [0.15, 0.2) is 29.2 Å². The molecule has 7 heteroatoms. The maximum Gasteiger partial charge on any atom is 0.245 e. The number of rotatable bonds is 6. The van der Waals surface area contributed by atoms with Gasteiger partial charge in [-0.05, 0) is 38.1 Å². The molecular weight excluding hydrogens is 354 g/mol. The summed E-state index contributed by atoms with van der Waals surface area (Å²) in [5.74, 6) is 0.396. The molecule has 0 fully saturated rings. The molecule has 0 heterocycles. The monoisotopic (exact) mass is 379 g/mol. The summed E-state index contributed by atoms with van der Waals surface area (Å²) in [6.45, 7) is 9.91. The number of hydrogen-bond donors (Lipinski definition) is 3. The summed E-state index contributed by atoms with van der Waals surface area (Å²) >= 11 is 7.57. The van der Waals surface area contributed by atoms with Crippen LogP contribution >= 0.6 is 34.0 Å². The van der Waals surface area contributed by atoms with E-state index in [0.717, 1.165) is 5.75 Å². The molecule has 0 aliphatic heterocycles. The maximum absolute atomic E-state index is 12.4. The zero-order valence-corrected chi connectivity index (χ0v) is 16.6. The molecule has 0 aromatic heterocycles. The lowest BCUT2D eigenvalue weighted by Gasteiger charge is -2.45. The largest absolute Gasteiger partial charge is 0.353 e. The Labute approximate surface area is 149 Å². The molecule has 0 atom stereocenters. The van der Waals surface area contributed by atoms with E-state index in [4.69, 9.17) is 11.6 Å². The van der Waals surface area contributed by atoms with Gasteiger partial charge in [-0.25, -0.2) is 0 Å². The van der Waals surface area contributed by atoms with Gasteiger partial charge in [0.15, 0.2) is 0 Å². The average Bonchev–Trinajstić information content (AvgIpc) is 2.42. The highest BCUT2D eigenvalue weighted by Gasteiger charge is 2.42.